The average Bonchev–Trinajstić information content (AvgIpc) is 3.06. The maximum Gasteiger partial charge on any atom is 0.355 e. The van der Waals surface area contributed by atoms with Gasteiger partial charge in [0.2, 0.25) is 0 Å². The summed E-state index contributed by atoms with van der Waals surface area (Å²) in [5, 5.41) is 0. The van der Waals surface area contributed by atoms with Crippen molar-refractivity contribution >= 4 is 23.3 Å². The molecule has 0 aliphatic rings. The zero-order valence-corrected chi connectivity index (χ0v) is 13.9. The fourth-order valence-electron chi connectivity index (χ4n) is 2.28. The van der Waals surface area contributed by atoms with Gasteiger partial charge in [-0.15, -0.1) is 0 Å². The van der Waals surface area contributed by atoms with Gasteiger partial charge in [-0.3, -0.25) is 9.59 Å². The van der Waals surface area contributed by atoms with Crippen molar-refractivity contribution in [3.8, 4) is 0 Å². The van der Waals surface area contributed by atoms with Crippen LogP contribution in [0.3, 0.4) is 0 Å². The van der Waals surface area contributed by atoms with E-state index in [4.69, 9.17) is 4.74 Å². The molecule has 0 saturated carbocycles. The van der Waals surface area contributed by atoms with Gasteiger partial charge in [0.15, 0.2) is 11.9 Å². The first-order valence-corrected chi connectivity index (χ1v) is 7.70. The Balaban J connectivity index is 2.07. The monoisotopic (exact) mass is 328 g/mol. The van der Waals surface area contributed by atoms with Gasteiger partial charge >= 0.3 is 5.97 Å². The van der Waals surface area contributed by atoms with E-state index in [1.807, 2.05) is 37.3 Å². The second-order valence-corrected chi connectivity index (χ2v) is 5.32. The zero-order valence-electron chi connectivity index (χ0n) is 13.9. The zero-order chi connectivity index (χ0) is 17.7. The van der Waals surface area contributed by atoms with E-state index >= 15 is 0 Å². The number of carbonyl (C=O) groups excluding carboxylic acids is 3. The molecule has 24 heavy (non-hydrogen) atoms. The van der Waals surface area contributed by atoms with E-state index < -0.39 is 12.1 Å². The number of ketones is 1. The van der Waals surface area contributed by atoms with Crippen molar-refractivity contribution in [1.29, 1.82) is 0 Å². The van der Waals surface area contributed by atoms with Gasteiger partial charge in [-0.2, -0.15) is 0 Å². The number of H-pyrrole nitrogens is 1. The standard InChI is InChI=1S/C18H20N2O4/c1-4-20(15-8-6-5-7-9-15)17(22)13(3)24-18(23)16-10-14(11-19-16)12(2)21/h5-11,13,19H,4H2,1-3H3/t13-/m0/s1. The lowest BCUT2D eigenvalue weighted by molar-refractivity contribution is -0.126. The second kappa shape index (κ2) is 7.59. The molecule has 1 aromatic carbocycles. The van der Waals surface area contributed by atoms with Crippen LogP contribution in [-0.2, 0) is 9.53 Å². The molecule has 1 N–H and O–H groups in total. The first-order valence-electron chi connectivity index (χ1n) is 7.70. The third-order valence-electron chi connectivity index (χ3n) is 3.59. The predicted molar refractivity (Wildman–Crippen MR) is 90.1 cm³/mol. The molecule has 2 aromatic rings. The summed E-state index contributed by atoms with van der Waals surface area (Å²) in [4.78, 5) is 40.1. The quantitative estimate of drug-likeness (QED) is 0.653. The molecule has 0 radical (unpaired) electrons. The number of hydrogen-bond donors (Lipinski definition) is 1. The van der Waals surface area contributed by atoms with E-state index in [1.165, 1.54) is 26.1 Å². The average molecular weight is 328 g/mol. The van der Waals surface area contributed by atoms with Crippen molar-refractivity contribution in [3.63, 3.8) is 0 Å². The SMILES string of the molecule is CCN(C(=O)[C@H](C)OC(=O)c1cc(C(C)=O)c[nH]1)c1ccccc1. The van der Waals surface area contributed by atoms with Crippen LogP contribution in [0.2, 0.25) is 0 Å². The highest BCUT2D eigenvalue weighted by atomic mass is 16.5. The summed E-state index contributed by atoms with van der Waals surface area (Å²) in [7, 11) is 0. The smallest absolute Gasteiger partial charge is 0.355 e. The van der Waals surface area contributed by atoms with Crippen molar-refractivity contribution in [3.05, 3.63) is 53.9 Å². The Morgan fingerprint density at radius 2 is 1.88 bits per heavy atom. The molecular formula is C18H20N2O4. The molecule has 1 atom stereocenters. The van der Waals surface area contributed by atoms with Gasteiger partial charge in [0.05, 0.1) is 0 Å². The molecule has 6 nitrogen and oxygen atoms in total. The molecule has 0 aliphatic heterocycles. The minimum atomic E-state index is -0.943. The third-order valence-corrected chi connectivity index (χ3v) is 3.59. The Morgan fingerprint density at radius 3 is 2.42 bits per heavy atom. The Hall–Kier alpha value is -2.89. The van der Waals surface area contributed by atoms with Crippen LogP contribution < -0.4 is 4.90 Å². The number of carbonyl (C=O) groups is 3. The number of nitrogens with one attached hydrogen (secondary N) is 1. The highest BCUT2D eigenvalue weighted by Crippen LogP contribution is 2.16. The normalized spacial score (nSPS) is 11.6. The summed E-state index contributed by atoms with van der Waals surface area (Å²) < 4.78 is 5.22. The maximum atomic E-state index is 12.5. The Labute approximate surface area is 140 Å². The van der Waals surface area contributed by atoms with E-state index in [-0.39, 0.29) is 17.4 Å². The Morgan fingerprint density at radius 1 is 1.21 bits per heavy atom. The fourth-order valence-corrected chi connectivity index (χ4v) is 2.28. The molecule has 6 heteroatoms. The van der Waals surface area contributed by atoms with Gasteiger partial charge in [0.1, 0.15) is 5.69 Å². The summed E-state index contributed by atoms with van der Waals surface area (Å²) in [6.45, 7) is 5.25. The molecule has 0 spiro atoms. The number of aromatic nitrogens is 1. The number of anilines is 1. The van der Waals surface area contributed by atoms with Gasteiger partial charge in [-0.1, -0.05) is 18.2 Å². The van der Waals surface area contributed by atoms with E-state index in [0.717, 1.165) is 5.69 Å². The number of ether oxygens (including phenoxy) is 1. The lowest BCUT2D eigenvalue weighted by Gasteiger charge is -2.24. The number of aromatic amines is 1. The number of hydrogen-bond acceptors (Lipinski definition) is 4. The highest BCUT2D eigenvalue weighted by molar-refractivity contribution is 6.00. The topological polar surface area (TPSA) is 79.5 Å². The molecule has 1 amide bonds. The van der Waals surface area contributed by atoms with Crippen molar-refractivity contribution in [2.75, 3.05) is 11.4 Å². The number of esters is 1. The van der Waals surface area contributed by atoms with Crippen LogP contribution >= 0.6 is 0 Å². The number of benzene rings is 1. The van der Waals surface area contributed by atoms with E-state index in [1.54, 1.807) is 4.90 Å². The number of Topliss-reactive ketones (excluding diaryl/α,β-unsaturated/α-hetero) is 1. The molecule has 1 heterocycles. The van der Waals surface area contributed by atoms with Crippen molar-refractivity contribution in [1.82, 2.24) is 4.98 Å². The van der Waals surface area contributed by atoms with Gasteiger partial charge in [0.25, 0.3) is 5.91 Å². The van der Waals surface area contributed by atoms with Crippen LogP contribution in [-0.4, -0.2) is 35.3 Å². The minimum absolute atomic E-state index is 0.141. The summed E-state index contributed by atoms with van der Waals surface area (Å²) in [5.74, 6) is -1.14. The lowest BCUT2D eigenvalue weighted by Crippen LogP contribution is -2.40. The summed E-state index contributed by atoms with van der Waals surface area (Å²) >= 11 is 0. The van der Waals surface area contributed by atoms with Gasteiger partial charge in [-0.05, 0) is 39.0 Å². The van der Waals surface area contributed by atoms with E-state index in [9.17, 15) is 14.4 Å². The van der Waals surface area contributed by atoms with Crippen LogP contribution in [0.15, 0.2) is 42.6 Å². The predicted octanol–water partition coefficient (Wildman–Crippen LogP) is 2.82. The molecule has 1 aromatic heterocycles. The van der Waals surface area contributed by atoms with Crippen LogP contribution in [0.1, 0.15) is 41.6 Å². The Kier molecular flexibility index (Phi) is 5.52. The second-order valence-electron chi connectivity index (χ2n) is 5.32. The summed E-state index contributed by atoms with van der Waals surface area (Å²) in [6.07, 6.45) is 0.495. The lowest BCUT2D eigenvalue weighted by atomic mass is 10.2. The largest absolute Gasteiger partial charge is 0.448 e. The van der Waals surface area contributed by atoms with Crippen LogP contribution in [0, 0.1) is 0 Å². The first kappa shape index (κ1) is 17.5. The van der Waals surface area contributed by atoms with Crippen LogP contribution in [0.25, 0.3) is 0 Å². The van der Waals surface area contributed by atoms with Crippen LogP contribution in [0.4, 0.5) is 5.69 Å². The van der Waals surface area contributed by atoms with Gasteiger partial charge < -0.3 is 14.6 Å². The summed E-state index contributed by atoms with van der Waals surface area (Å²) in [5.41, 5.74) is 1.27. The molecule has 0 unspecified atom stereocenters. The van der Waals surface area contributed by atoms with Crippen molar-refractivity contribution < 1.29 is 19.1 Å². The van der Waals surface area contributed by atoms with Crippen molar-refractivity contribution in [2.24, 2.45) is 0 Å². The summed E-state index contributed by atoms with van der Waals surface area (Å²) in [6, 6.07) is 10.6. The number of rotatable bonds is 6. The van der Waals surface area contributed by atoms with E-state index in [0.29, 0.717) is 12.1 Å². The molecule has 0 bridgehead atoms. The number of likely N-dealkylation sites (N-methyl/N-ethyl adjacent to an activating group) is 1. The molecule has 126 valence electrons. The number of para-hydroxylation sites is 1. The third kappa shape index (κ3) is 3.90. The molecule has 0 aliphatic carbocycles. The van der Waals surface area contributed by atoms with Crippen molar-refractivity contribution in [2.45, 2.75) is 26.9 Å². The number of amides is 1. The number of nitrogens with zero attached hydrogens (tertiary/aromatic N) is 1. The molecule has 2 rings (SSSR count). The van der Waals surface area contributed by atoms with E-state index in [2.05, 4.69) is 4.98 Å². The maximum absolute atomic E-state index is 12.5. The minimum Gasteiger partial charge on any atom is -0.448 e. The van der Waals surface area contributed by atoms with Gasteiger partial charge in [0, 0.05) is 24.0 Å². The molecular weight excluding hydrogens is 308 g/mol. The molecule has 0 fully saturated rings. The van der Waals surface area contributed by atoms with Crippen LogP contribution in [0.5, 0.6) is 0 Å². The first-order chi connectivity index (χ1) is 11.4. The fraction of sp³-hybridized carbons (Fsp3) is 0.278. The highest BCUT2D eigenvalue weighted by Gasteiger charge is 2.25. The molecule has 0 saturated heterocycles. The van der Waals surface area contributed by atoms with Gasteiger partial charge in [-0.25, -0.2) is 4.79 Å². The Bertz CT molecular complexity index is 736.